The van der Waals surface area contributed by atoms with Gasteiger partial charge in [-0.3, -0.25) is 0 Å². The van der Waals surface area contributed by atoms with Gasteiger partial charge in [0.2, 0.25) is 0 Å². The standard InChI is InChI=1S/C15H16N2O.2C10H8N2.Ru/c1-3-4-15(18)12-6-8-17-14(10-12)13-9-11(2)5-7-16-13;2*1-3-7-11-9(5-1)10-6-2-4-8-12-10;/h5-10H,3-4H2,1-2H3;2*1-8H;/q;;;+6. The van der Waals surface area contributed by atoms with E-state index in [4.69, 9.17) is 0 Å². The van der Waals surface area contributed by atoms with E-state index in [1.54, 1.807) is 0 Å². The molecular formula is C35H32N6ORu+6. The number of aryl methyl sites for hydroxylation is 1. The van der Waals surface area contributed by atoms with Crippen LogP contribution in [0, 0.1) is 6.92 Å². The number of ketones is 1. The molecule has 0 amide bonds. The number of rotatable bonds is 3. The summed E-state index contributed by atoms with van der Waals surface area (Å²) in [5.74, 6) is 0.170. The first-order valence-electron chi connectivity index (χ1n) is 14.7. The number of nitrogens with zero attached hydrogens (tertiary/aromatic N) is 6. The van der Waals surface area contributed by atoms with Gasteiger partial charge in [0, 0.05) is 0 Å². The number of pyridine rings is 6. The van der Waals surface area contributed by atoms with Gasteiger partial charge in [0.15, 0.2) is 0 Å². The van der Waals surface area contributed by atoms with Crippen molar-refractivity contribution in [3.8, 4) is 34.2 Å². The molecule has 8 heteroatoms. The third kappa shape index (κ3) is 2.22. The van der Waals surface area contributed by atoms with Crippen molar-refractivity contribution in [3.63, 3.8) is 0 Å². The van der Waals surface area contributed by atoms with Crippen LogP contribution in [0.5, 0.6) is 0 Å². The summed E-state index contributed by atoms with van der Waals surface area (Å²) in [6.45, 7) is 4.21. The molecule has 3 aliphatic rings. The molecule has 9 heterocycles. The van der Waals surface area contributed by atoms with Gasteiger partial charge in [-0.1, -0.05) is 0 Å². The van der Waals surface area contributed by atoms with Crippen molar-refractivity contribution in [2.75, 3.05) is 0 Å². The Morgan fingerprint density at radius 3 is 1.42 bits per heavy atom. The third-order valence-corrected chi connectivity index (χ3v) is 24.3. The van der Waals surface area contributed by atoms with E-state index in [0.717, 1.165) is 51.7 Å². The number of carbonyl (C=O) groups is 1. The molecule has 0 radical (unpaired) electrons. The Kier molecular flexibility index (Phi) is 4.47. The van der Waals surface area contributed by atoms with Crippen molar-refractivity contribution in [2.45, 2.75) is 26.7 Å². The fourth-order valence-corrected chi connectivity index (χ4v) is 25.4. The zero-order valence-corrected chi connectivity index (χ0v) is 25.8. The second-order valence-corrected chi connectivity index (χ2v) is 21.5. The van der Waals surface area contributed by atoms with Crippen molar-refractivity contribution in [1.29, 1.82) is 0 Å². The molecule has 7 nitrogen and oxygen atoms in total. The first-order chi connectivity index (χ1) is 21.0. The summed E-state index contributed by atoms with van der Waals surface area (Å²) in [6, 6.07) is 34.7. The van der Waals surface area contributed by atoms with Crippen LogP contribution in [0.4, 0.5) is 0 Å². The molecule has 0 fully saturated rings. The predicted molar refractivity (Wildman–Crippen MR) is 153 cm³/mol. The normalized spacial score (nSPS) is 17.8. The van der Waals surface area contributed by atoms with Gasteiger partial charge < -0.3 is 0 Å². The van der Waals surface area contributed by atoms with Gasteiger partial charge in [0.25, 0.3) is 0 Å². The molecular weight excluding hydrogens is 621 g/mol. The number of Topliss-reactive ketones (excluding diaryl/α,β-unsaturated/α-hetero) is 1. The summed E-state index contributed by atoms with van der Waals surface area (Å²) in [6.07, 6.45) is 14.9. The fraction of sp³-hybridized carbons (Fsp3) is 0.114. The number of fused-ring (bicyclic) bond motifs is 9. The molecule has 0 saturated heterocycles. The van der Waals surface area contributed by atoms with Crippen molar-refractivity contribution in [3.05, 3.63) is 145 Å². The Balaban J connectivity index is 1.70. The predicted octanol–water partition coefficient (Wildman–Crippen LogP) is 2.95. The molecule has 6 aromatic heterocycles. The van der Waals surface area contributed by atoms with E-state index in [9.17, 15) is 4.79 Å². The Bertz CT molecular complexity index is 2060. The fourth-order valence-electron chi connectivity index (χ4n) is 7.50. The minimum absolute atomic E-state index is 0.170. The van der Waals surface area contributed by atoms with Crippen LogP contribution in [0.1, 0.15) is 35.7 Å². The maximum absolute atomic E-state index is 13.4. The van der Waals surface area contributed by atoms with E-state index in [1.807, 2.05) is 6.07 Å². The van der Waals surface area contributed by atoms with Crippen LogP contribution in [0.15, 0.2) is 134 Å². The summed E-state index contributed by atoms with van der Waals surface area (Å²) >= 11 is -5.84. The zero-order chi connectivity index (χ0) is 29.0. The van der Waals surface area contributed by atoms with Crippen molar-refractivity contribution in [2.24, 2.45) is 0 Å². The Labute approximate surface area is 249 Å². The van der Waals surface area contributed by atoms with E-state index in [1.165, 1.54) is 0 Å². The number of hydrogen-bond donors (Lipinski definition) is 0. The molecule has 3 aliphatic heterocycles. The molecule has 0 aromatic carbocycles. The van der Waals surface area contributed by atoms with Crippen molar-refractivity contribution < 1.29 is 38.5 Å². The third-order valence-electron chi connectivity index (χ3n) is 9.03. The molecule has 1 spiro atoms. The molecule has 0 unspecified atom stereocenters. The van der Waals surface area contributed by atoms with E-state index in [2.05, 4.69) is 162 Å². The van der Waals surface area contributed by atoms with Gasteiger partial charge in [-0.25, -0.2) is 0 Å². The van der Waals surface area contributed by atoms with Gasteiger partial charge in [0.05, 0.1) is 0 Å². The van der Waals surface area contributed by atoms with Crippen LogP contribution >= 0.6 is 0 Å². The SMILES string of the molecule is CCCC(=O)c1cc[n+]2c(c1)-c1cc(C)cc[n+]1[Ru]213([n+]2ccccc2-c2cccc[n+]21)[n+]1ccccc1-c1cccc[n+]13. The Morgan fingerprint density at radius 1 is 0.535 bits per heavy atom. The van der Waals surface area contributed by atoms with Gasteiger partial charge in [0.1, 0.15) is 0 Å². The average molecular weight is 654 g/mol. The monoisotopic (exact) mass is 654 g/mol. The van der Waals surface area contributed by atoms with Crippen molar-refractivity contribution in [1.82, 2.24) is 0 Å². The topological polar surface area (TPSA) is 40.4 Å². The Morgan fingerprint density at radius 2 is 0.953 bits per heavy atom. The molecule has 9 rings (SSSR count). The second kappa shape index (κ2) is 7.77. The minimum atomic E-state index is -5.84. The van der Waals surface area contributed by atoms with Crippen LogP contribution < -0.4 is 19.9 Å². The molecule has 43 heavy (non-hydrogen) atoms. The van der Waals surface area contributed by atoms with Crippen LogP contribution in [0.25, 0.3) is 34.2 Å². The summed E-state index contributed by atoms with van der Waals surface area (Å²) in [5, 5.41) is 0. The molecule has 0 atom stereocenters. The van der Waals surface area contributed by atoms with E-state index >= 15 is 0 Å². The quantitative estimate of drug-likeness (QED) is 0.214. The summed E-state index contributed by atoms with van der Waals surface area (Å²) < 4.78 is 15.4. The van der Waals surface area contributed by atoms with Crippen molar-refractivity contribution >= 4 is 5.78 Å². The van der Waals surface area contributed by atoms with Gasteiger partial charge >= 0.3 is 251 Å². The number of aromatic nitrogens is 6. The molecule has 0 saturated carbocycles. The van der Waals surface area contributed by atoms with E-state index in [-0.39, 0.29) is 5.78 Å². The van der Waals surface area contributed by atoms with Crippen LogP contribution in [0.3, 0.4) is 0 Å². The van der Waals surface area contributed by atoms with Crippen LogP contribution in [0.2, 0.25) is 0 Å². The summed E-state index contributed by atoms with van der Waals surface area (Å²) in [5.41, 5.74) is 8.50. The van der Waals surface area contributed by atoms with Gasteiger partial charge in [-0.05, 0) is 0 Å². The molecule has 210 valence electrons. The van der Waals surface area contributed by atoms with Crippen LogP contribution in [-0.2, 0) is 13.9 Å². The number of carbonyl (C=O) groups excluding carboxylic acids is 1. The number of hydrogen-bond acceptors (Lipinski definition) is 1. The molecule has 0 aliphatic carbocycles. The molecule has 6 aromatic rings. The maximum atomic E-state index is 13.4. The first-order valence-corrected chi connectivity index (χ1v) is 19.3. The van der Waals surface area contributed by atoms with E-state index in [0.29, 0.717) is 6.42 Å². The summed E-state index contributed by atoms with van der Waals surface area (Å²) in [4.78, 5) is 13.4. The first kappa shape index (κ1) is 24.8. The second-order valence-electron chi connectivity index (χ2n) is 11.3. The van der Waals surface area contributed by atoms with Gasteiger partial charge in [-0.15, -0.1) is 0 Å². The Hall–Kier alpha value is -4.81. The van der Waals surface area contributed by atoms with Crippen LogP contribution in [-0.4, -0.2) is 5.78 Å². The average Bonchev–Trinajstić information content (AvgIpc) is 3.56. The zero-order valence-electron chi connectivity index (χ0n) is 24.1. The molecule has 0 bridgehead atoms. The molecule has 0 N–H and O–H groups in total. The van der Waals surface area contributed by atoms with E-state index < -0.39 is 13.9 Å². The summed E-state index contributed by atoms with van der Waals surface area (Å²) in [7, 11) is 0. The van der Waals surface area contributed by atoms with Gasteiger partial charge in [-0.2, -0.15) is 0 Å².